The van der Waals surface area contributed by atoms with E-state index in [4.69, 9.17) is 5.73 Å². The van der Waals surface area contributed by atoms with E-state index in [1.165, 1.54) is 0 Å². The first kappa shape index (κ1) is 16.0. The smallest absolute Gasteiger partial charge is 0.225 e. The third-order valence-electron chi connectivity index (χ3n) is 3.58. The summed E-state index contributed by atoms with van der Waals surface area (Å²) in [6.45, 7) is 7.55. The average Bonchev–Trinajstić information content (AvgIpc) is 2.38. The van der Waals surface area contributed by atoms with Crippen molar-refractivity contribution in [1.29, 1.82) is 0 Å². The molecule has 0 radical (unpaired) electrons. The molecule has 1 aliphatic heterocycles. The first-order chi connectivity index (χ1) is 8.89. The molecule has 1 rings (SSSR count). The van der Waals surface area contributed by atoms with Crippen molar-refractivity contribution in [3.63, 3.8) is 0 Å². The molecular weight excluding hydrogens is 242 g/mol. The minimum Gasteiger partial charge on any atom is -0.350 e. The molecular formula is C14H27N3O2. The summed E-state index contributed by atoms with van der Waals surface area (Å²) in [6, 6.07) is 0. The molecule has 0 bridgehead atoms. The van der Waals surface area contributed by atoms with Gasteiger partial charge in [0.25, 0.3) is 0 Å². The van der Waals surface area contributed by atoms with Crippen LogP contribution < -0.4 is 11.1 Å². The molecule has 19 heavy (non-hydrogen) atoms. The van der Waals surface area contributed by atoms with Gasteiger partial charge in [-0.1, -0.05) is 6.92 Å². The quantitative estimate of drug-likeness (QED) is 0.778. The predicted octanol–water partition coefficient (Wildman–Crippen LogP) is 0.879. The van der Waals surface area contributed by atoms with Crippen molar-refractivity contribution >= 4 is 11.8 Å². The number of hydrogen-bond donors (Lipinski definition) is 2. The summed E-state index contributed by atoms with van der Waals surface area (Å²) in [5.41, 5.74) is 5.24. The van der Waals surface area contributed by atoms with Gasteiger partial charge in [0.05, 0.1) is 5.92 Å². The zero-order valence-corrected chi connectivity index (χ0v) is 12.4. The van der Waals surface area contributed by atoms with E-state index in [0.29, 0.717) is 19.5 Å². The van der Waals surface area contributed by atoms with Gasteiger partial charge in [0.15, 0.2) is 0 Å². The summed E-state index contributed by atoms with van der Waals surface area (Å²) in [5.74, 6) is 0.0860. The van der Waals surface area contributed by atoms with E-state index in [2.05, 4.69) is 5.32 Å². The molecule has 3 N–H and O–H groups in total. The summed E-state index contributed by atoms with van der Waals surface area (Å²) < 4.78 is 0. The molecule has 0 aliphatic carbocycles. The van der Waals surface area contributed by atoms with E-state index in [-0.39, 0.29) is 23.3 Å². The molecule has 1 saturated heterocycles. The minimum absolute atomic E-state index is 0.0180. The fraction of sp³-hybridized carbons (Fsp3) is 0.857. The third kappa shape index (κ3) is 4.82. The van der Waals surface area contributed by atoms with Gasteiger partial charge in [-0.2, -0.15) is 0 Å². The van der Waals surface area contributed by atoms with E-state index < -0.39 is 0 Å². The highest BCUT2D eigenvalue weighted by Gasteiger charge is 2.30. The van der Waals surface area contributed by atoms with Crippen molar-refractivity contribution in [2.24, 2.45) is 11.7 Å². The number of carbonyl (C=O) groups is 2. The van der Waals surface area contributed by atoms with E-state index in [0.717, 1.165) is 25.8 Å². The number of hydrogen-bond acceptors (Lipinski definition) is 3. The highest BCUT2D eigenvalue weighted by atomic mass is 16.2. The maximum Gasteiger partial charge on any atom is 0.225 e. The Morgan fingerprint density at radius 1 is 1.42 bits per heavy atom. The van der Waals surface area contributed by atoms with Gasteiger partial charge in [-0.05, 0) is 33.1 Å². The van der Waals surface area contributed by atoms with Crippen molar-refractivity contribution in [2.45, 2.75) is 52.0 Å². The van der Waals surface area contributed by atoms with E-state index >= 15 is 0 Å². The van der Waals surface area contributed by atoms with Crippen LogP contribution in [0.4, 0.5) is 0 Å². The van der Waals surface area contributed by atoms with Crippen LogP contribution in [0.5, 0.6) is 0 Å². The van der Waals surface area contributed by atoms with Gasteiger partial charge >= 0.3 is 0 Å². The lowest BCUT2D eigenvalue weighted by Crippen LogP contribution is -2.53. The van der Waals surface area contributed by atoms with Crippen molar-refractivity contribution in [3.05, 3.63) is 0 Å². The Bertz CT molecular complexity index is 329. The van der Waals surface area contributed by atoms with Gasteiger partial charge in [0.2, 0.25) is 11.8 Å². The van der Waals surface area contributed by atoms with Crippen molar-refractivity contribution < 1.29 is 9.59 Å². The first-order valence-corrected chi connectivity index (χ1v) is 7.19. The molecule has 1 heterocycles. The zero-order chi connectivity index (χ0) is 14.5. The van der Waals surface area contributed by atoms with E-state index in [1.807, 2.05) is 25.7 Å². The average molecular weight is 269 g/mol. The molecule has 1 unspecified atom stereocenters. The molecule has 5 heteroatoms. The van der Waals surface area contributed by atoms with E-state index in [9.17, 15) is 9.59 Å². The molecule has 1 fully saturated rings. The SMILES string of the molecule is CCCC(=O)N1CCCC(C(=O)NC(C)(C)CN)C1. The molecule has 0 aromatic rings. The van der Waals surface area contributed by atoms with Crippen LogP contribution in [-0.4, -0.2) is 41.9 Å². The Kier molecular flexibility index (Phi) is 5.79. The maximum atomic E-state index is 12.2. The largest absolute Gasteiger partial charge is 0.350 e. The summed E-state index contributed by atoms with van der Waals surface area (Å²) in [5, 5.41) is 2.97. The molecule has 0 aromatic carbocycles. The third-order valence-corrected chi connectivity index (χ3v) is 3.58. The molecule has 0 spiro atoms. The van der Waals surface area contributed by atoms with Gasteiger partial charge in [0.1, 0.15) is 0 Å². The Morgan fingerprint density at radius 2 is 2.11 bits per heavy atom. The van der Waals surface area contributed by atoms with Gasteiger partial charge in [-0.25, -0.2) is 0 Å². The first-order valence-electron chi connectivity index (χ1n) is 7.19. The summed E-state index contributed by atoms with van der Waals surface area (Å²) in [7, 11) is 0. The van der Waals surface area contributed by atoms with Gasteiger partial charge in [0, 0.05) is 31.6 Å². The van der Waals surface area contributed by atoms with Crippen LogP contribution >= 0.6 is 0 Å². The monoisotopic (exact) mass is 269 g/mol. The zero-order valence-electron chi connectivity index (χ0n) is 12.4. The number of likely N-dealkylation sites (tertiary alicyclic amines) is 1. The second-order valence-electron chi connectivity index (χ2n) is 6.01. The van der Waals surface area contributed by atoms with Gasteiger partial charge in [-0.15, -0.1) is 0 Å². The van der Waals surface area contributed by atoms with Crippen LogP contribution in [0.25, 0.3) is 0 Å². The Hall–Kier alpha value is -1.10. The van der Waals surface area contributed by atoms with E-state index in [1.54, 1.807) is 0 Å². The van der Waals surface area contributed by atoms with Crippen LogP contribution in [0.2, 0.25) is 0 Å². The Labute approximate surface area is 115 Å². The topological polar surface area (TPSA) is 75.4 Å². The second kappa shape index (κ2) is 6.89. The number of amides is 2. The molecule has 2 amide bonds. The number of nitrogens with two attached hydrogens (primary N) is 1. The van der Waals surface area contributed by atoms with Crippen LogP contribution in [0, 0.1) is 5.92 Å². The summed E-state index contributed by atoms with van der Waals surface area (Å²) in [6.07, 6.45) is 3.17. The molecule has 0 saturated carbocycles. The van der Waals surface area contributed by atoms with Gasteiger partial charge in [-0.3, -0.25) is 9.59 Å². The van der Waals surface area contributed by atoms with Gasteiger partial charge < -0.3 is 16.0 Å². The van der Waals surface area contributed by atoms with Crippen molar-refractivity contribution in [1.82, 2.24) is 10.2 Å². The normalized spacial score (nSPS) is 20.2. The summed E-state index contributed by atoms with van der Waals surface area (Å²) in [4.78, 5) is 25.9. The molecule has 1 aliphatic rings. The predicted molar refractivity (Wildman–Crippen MR) is 75.5 cm³/mol. The molecule has 5 nitrogen and oxygen atoms in total. The standard InChI is InChI=1S/C14H27N3O2/c1-4-6-12(18)17-8-5-7-11(9-17)13(19)16-14(2,3)10-15/h11H,4-10,15H2,1-3H3,(H,16,19). The Morgan fingerprint density at radius 3 is 2.68 bits per heavy atom. The molecule has 0 aromatic heterocycles. The fourth-order valence-corrected chi connectivity index (χ4v) is 2.28. The highest BCUT2D eigenvalue weighted by molar-refractivity contribution is 5.81. The minimum atomic E-state index is -0.382. The maximum absolute atomic E-state index is 12.2. The number of nitrogens with zero attached hydrogens (tertiary/aromatic N) is 1. The lowest BCUT2D eigenvalue weighted by Gasteiger charge is -2.34. The Balaban J connectivity index is 2.54. The number of rotatable bonds is 5. The highest BCUT2D eigenvalue weighted by Crippen LogP contribution is 2.18. The molecule has 1 atom stereocenters. The van der Waals surface area contributed by atoms with Crippen molar-refractivity contribution in [3.8, 4) is 0 Å². The van der Waals surface area contributed by atoms with Crippen LogP contribution in [0.3, 0.4) is 0 Å². The fourth-order valence-electron chi connectivity index (χ4n) is 2.28. The van der Waals surface area contributed by atoms with Crippen LogP contribution in [-0.2, 0) is 9.59 Å². The van der Waals surface area contributed by atoms with Crippen molar-refractivity contribution in [2.75, 3.05) is 19.6 Å². The lowest BCUT2D eigenvalue weighted by atomic mass is 9.95. The second-order valence-corrected chi connectivity index (χ2v) is 6.01. The summed E-state index contributed by atoms with van der Waals surface area (Å²) >= 11 is 0. The van der Waals surface area contributed by atoms with Crippen LogP contribution in [0.1, 0.15) is 46.5 Å². The number of carbonyl (C=O) groups excluding carboxylic acids is 2. The number of nitrogens with one attached hydrogen (secondary N) is 1. The molecule has 110 valence electrons. The lowest BCUT2D eigenvalue weighted by molar-refractivity contribution is -0.136. The number of piperidine rings is 1. The van der Waals surface area contributed by atoms with Crippen LogP contribution in [0.15, 0.2) is 0 Å².